The molecule has 2 heterocycles. The Morgan fingerprint density at radius 2 is 2.04 bits per heavy atom. The molecule has 0 unspecified atom stereocenters. The first-order valence-corrected chi connectivity index (χ1v) is 7.55. The second kappa shape index (κ2) is 5.94. The quantitative estimate of drug-likeness (QED) is 0.914. The Labute approximate surface area is 136 Å². The van der Waals surface area contributed by atoms with Crippen LogP contribution < -0.4 is 5.73 Å². The first-order valence-electron chi connectivity index (χ1n) is 7.55. The largest absolute Gasteiger partial charge is 0.434 e. The molecule has 24 heavy (non-hydrogen) atoms. The van der Waals surface area contributed by atoms with E-state index in [1.807, 2.05) is 0 Å². The van der Waals surface area contributed by atoms with Gasteiger partial charge >= 0.3 is 6.18 Å². The lowest BCUT2D eigenvalue weighted by atomic mass is 10.1. The third-order valence-corrected chi connectivity index (χ3v) is 4.12. The topological polar surface area (TPSA) is 64.2 Å². The summed E-state index contributed by atoms with van der Waals surface area (Å²) < 4.78 is 41.7. The molecule has 0 saturated carbocycles. The zero-order chi connectivity index (χ0) is 17.5. The van der Waals surface area contributed by atoms with Crippen molar-refractivity contribution in [3.63, 3.8) is 0 Å². The van der Waals surface area contributed by atoms with E-state index in [9.17, 15) is 18.0 Å². The SMILES string of the molecule is Cc1ccccc1-n1ncc(C(=O)N2CC[C@@H](N)C2)c1C(F)(F)F. The van der Waals surface area contributed by atoms with E-state index in [2.05, 4.69) is 5.10 Å². The van der Waals surface area contributed by atoms with Crippen LogP contribution in [0.5, 0.6) is 0 Å². The van der Waals surface area contributed by atoms with Crippen molar-refractivity contribution >= 4 is 5.91 Å². The van der Waals surface area contributed by atoms with Crippen LogP contribution in [0.1, 0.15) is 28.0 Å². The fraction of sp³-hybridized carbons (Fsp3) is 0.375. The first kappa shape index (κ1) is 16.5. The zero-order valence-electron chi connectivity index (χ0n) is 13.0. The highest BCUT2D eigenvalue weighted by Gasteiger charge is 2.42. The number of hydrogen-bond donors (Lipinski definition) is 1. The number of hydrogen-bond acceptors (Lipinski definition) is 3. The number of likely N-dealkylation sites (tertiary alicyclic amines) is 1. The lowest BCUT2D eigenvalue weighted by Crippen LogP contribution is -2.33. The molecule has 1 atom stereocenters. The highest BCUT2D eigenvalue weighted by Crippen LogP contribution is 2.35. The van der Waals surface area contributed by atoms with Crippen molar-refractivity contribution in [1.82, 2.24) is 14.7 Å². The fourth-order valence-corrected chi connectivity index (χ4v) is 2.90. The van der Waals surface area contributed by atoms with Gasteiger partial charge in [-0.2, -0.15) is 18.3 Å². The normalized spacial score (nSPS) is 18.2. The second-order valence-electron chi connectivity index (χ2n) is 5.90. The Bertz CT molecular complexity index is 769. The Balaban J connectivity index is 2.09. The van der Waals surface area contributed by atoms with E-state index < -0.39 is 23.3 Å². The van der Waals surface area contributed by atoms with Crippen LogP contribution in [0.4, 0.5) is 13.2 Å². The molecule has 128 valence electrons. The maximum Gasteiger partial charge on any atom is 0.434 e. The molecule has 2 N–H and O–H groups in total. The number of nitrogens with zero attached hydrogens (tertiary/aromatic N) is 3. The average molecular weight is 338 g/mol. The van der Waals surface area contributed by atoms with Crippen molar-refractivity contribution in [3.8, 4) is 5.69 Å². The van der Waals surface area contributed by atoms with E-state index in [0.29, 0.717) is 24.2 Å². The molecular weight excluding hydrogens is 321 g/mol. The molecule has 1 aliphatic heterocycles. The van der Waals surface area contributed by atoms with Crippen molar-refractivity contribution in [1.29, 1.82) is 0 Å². The predicted molar refractivity (Wildman–Crippen MR) is 81.8 cm³/mol. The molecule has 3 rings (SSSR count). The summed E-state index contributed by atoms with van der Waals surface area (Å²) in [7, 11) is 0. The van der Waals surface area contributed by atoms with Crippen molar-refractivity contribution < 1.29 is 18.0 Å². The smallest absolute Gasteiger partial charge is 0.337 e. The molecular formula is C16H17F3N4O. The summed E-state index contributed by atoms with van der Waals surface area (Å²) >= 11 is 0. The van der Waals surface area contributed by atoms with Gasteiger partial charge in [-0.05, 0) is 25.0 Å². The molecule has 0 spiro atoms. The third kappa shape index (κ3) is 2.89. The fourth-order valence-electron chi connectivity index (χ4n) is 2.90. The summed E-state index contributed by atoms with van der Waals surface area (Å²) in [6, 6.07) is 6.39. The number of amides is 1. The van der Waals surface area contributed by atoms with Crippen molar-refractivity contribution in [2.75, 3.05) is 13.1 Å². The van der Waals surface area contributed by atoms with Crippen LogP contribution in [0.2, 0.25) is 0 Å². The maximum absolute atomic E-state index is 13.6. The highest BCUT2D eigenvalue weighted by atomic mass is 19.4. The Hall–Kier alpha value is -2.35. The second-order valence-corrected chi connectivity index (χ2v) is 5.90. The van der Waals surface area contributed by atoms with Crippen LogP contribution in [-0.4, -0.2) is 39.7 Å². The number of carbonyl (C=O) groups is 1. The molecule has 8 heteroatoms. The Kier molecular flexibility index (Phi) is 4.08. The number of nitrogens with two attached hydrogens (primary N) is 1. The monoisotopic (exact) mass is 338 g/mol. The maximum atomic E-state index is 13.6. The standard InChI is InChI=1S/C16H17F3N4O/c1-10-4-2-3-5-13(10)23-14(16(17,18)19)12(8-21-23)15(24)22-7-6-11(20)9-22/h2-5,8,11H,6-7,9,20H2,1H3/t11-/m1/s1. The van der Waals surface area contributed by atoms with Crippen LogP contribution in [0, 0.1) is 6.92 Å². The van der Waals surface area contributed by atoms with E-state index >= 15 is 0 Å². The molecule has 1 amide bonds. The predicted octanol–water partition coefficient (Wildman–Crippen LogP) is 2.37. The van der Waals surface area contributed by atoms with Crippen LogP contribution in [0.15, 0.2) is 30.5 Å². The molecule has 2 aromatic rings. The molecule has 0 bridgehead atoms. The van der Waals surface area contributed by atoms with E-state index in [1.54, 1.807) is 25.1 Å². The van der Waals surface area contributed by atoms with E-state index in [-0.39, 0.29) is 12.6 Å². The molecule has 1 aliphatic rings. The lowest BCUT2D eigenvalue weighted by molar-refractivity contribution is -0.143. The number of aromatic nitrogens is 2. The van der Waals surface area contributed by atoms with Gasteiger partial charge in [0.25, 0.3) is 5.91 Å². The van der Waals surface area contributed by atoms with Gasteiger partial charge in [0.05, 0.1) is 17.4 Å². The van der Waals surface area contributed by atoms with Crippen LogP contribution in [0.25, 0.3) is 5.69 Å². The summed E-state index contributed by atoms with van der Waals surface area (Å²) in [6.07, 6.45) is -3.13. The van der Waals surface area contributed by atoms with Gasteiger partial charge in [0, 0.05) is 19.1 Å². The van der Waals surface area contributed by atoms with Crippen LogP contribution in [-0.2, 0) is 6.18 Å². The van der Waals surface area contributed by atoms with Crippen molar-refractivity contribution in [2.45, 2.75) is 25.6 Å². The Morgan fingerprint density at radius 3 is 2.62 bits per heavy atom. The number of alkyl halides is 3. The highest BCUT2D eigenvalue weighted by molar-refractivity contribution is 5.95. The number of aryl methyl sites for hydroxylation is 1. The van der Waals surface area contributed by atoms with Gasteiger partial charge in [-0.1, -0.05) is 18.2 Å². The minimum Gasteiger partial charge on any atom is -0.337 e. The third-order valence-electron chi connectivity index (χ3n) is 4.12. The van der Waals surface area contributed by atoms with Crippen LogP contribution >= 0.6 is 0 Å². The minimum absolute atomic E-state index is 0.199. The van der Waals surface area contributed by atoms with Gasteiger partial charge in [-0.3, -0.25) is 4.79 Å². The molecule has 1 aromatic carbocycles. The Morgan fingerprint density at radius 1 is 1.33 bits per heavy atom. The van der Waals surface area contributed by atoms with Gasteiger partial charge in [-0.25, -0.2) is 4.68 Å². The average Bonchev–Trinajstić information content (AvgIpc) is 3.13. The number of para-hydroxylation sites is 1. The zero-order valence-corrected chi connectivity index (χ0v) is 13.0. The first-order chi connectivity index (χ1) is 11.3. The van der Waals surface area contributed by atoms with Gasteiger partial charge in [0.1, 0.15) is 0 Å². The van der Waals surface area contributed by atoms with Gasteiger partial charge < -0.3 is 10.6 Å². The van der Waals surface area contributed by atoms with Gasteiger partial charge in [0.2, 0.25) is 0 Å². The summed E-state index contributed by atoms with van der Waals surface area (Å²) in [5.41, 5.74) is 5.17. The summed E-state index contributed by atoms with van der Waals surface area (Å²) in [4.78, 5) is 13.9. The molecule has 0 radical (unpaired) electrons. The summed E-state index contributed by atoms with van der Waals surface area (Å²) in [5, 5.41) is 3.84. The number of benzene rings is 1. The van der Waals surface area contributed by atoms with E-state index in [4.69, 9.17) is 5.73 Å². The van der Waals surface area contributed by atoms with Crippen LogP contribution in [0.3, 0.4) is 0 Å². The minimum atomic E-state index is -4.70. The molecule has 1 fully saturated rings. The van der Waals surface area contributed by atoms with Gasteiger partial charge in [0.15, 0.2) is 5.69 Å². The van der Waals surface area contributed by atoms with Crippen molar-refractivity contribution in [2.24, 2.45) is 5.73 Å². The molecule has 1 aromatic heterocycles. The van der Waals surface area contributed by atoms with Crippen molar-refractivity contribution in [3.05, 3.63) is 47.3 Å². The number of halogens is 3. The molecule has 1 saturated heterocycles. The number of rotatable bonds is 2. The molecule has 5 nitrogen and oxygen atoms in total. The van der Waals surface area contributed by atoms with E-state index in [1.165, 1.54) is 11.0 Å². The van der Waals surface area contributed by atoms with E-state index in [0.717, 1.165) is 10.9 Å². The lowest BCUT2D eigenvalue weighted by Gasteiger charge is -2.18. The number of carbonyl (C=O) groups excluding carboxylic acids is 1. The summed E-state index contributed by atoms with van der Waals surface area (Å²) in [5.74, 6) is -0.685. The van der Waals surface area contributed by atoms with Gasteiger partial charge in [-0.15, -0.1) is 0 Å². The molecule has 0 aliphatic carbocycles. The summed E-state index contributed by atoms with van der Waals surface area (Å²) in [6.45, 7) is 2.30.